The van der Waals surface area contributed by atoms with Gasteiger partial charge in [-0.2, -0.15) is 4.99 Å². The maximum atomic E-state index is 13.0. The summed E-state index contributed by atoms with van der Waals surface area (Å²) in [5.41, 5.74) is 1.18. The van der Waals surface area contributed by atoms with Crippen molar-refractivity contribution in [2.45, 2.75) is 11.1 Å². The maximum Gasteiger partial charge on any atom is 0.346 e. The highest BCUT2D eigenvalue weighted by molar-refractivity contribution is 8.29. The molecule has 0 unspecified atom stereocenters. The van der Waals surface area contributed by atoms with E-state index < -0.39 is 18.0 Å². The van der Waals surface area contributed by atoms with Crippen molar-refractivity contribution in [3.05, 3.63) is 57.5 Å². The van der Waals surface area contributed by atoms with Gasteiger partial charge in [0.15, 0.2) is 0 Å². The molecule has 0 aliphatic carbocycles. The number of carbonyl (C=O) groups excluding carboxylic acids is 3. The topological polar surface area (TPSA) is 114 Å². The Morgan fingerprint density at radius 1 is 1.03 bits per heavy atom. The zero-order valence-electron chi connectivity index (χ0n) is 19.1. The monoisotopic (exact) mass is 635 g/mol. The zero-order chi connectivity index (χ0) is 26.9. The number of hydrogen-bond donors (Lipinski definition) is 1. The van der Waals surface area contributed by atoms with Crippen LogP contribution in [0.3, 0.4) is 0 Å². The molecular weight excluding hydrogens is 621 g/mol. The number of urea groups is 1. The van der Waals surface area contributed by atoms with Crippen LogP contribution in [0.25, 0.3) is 0 Å². The van der Waals surface area contributed by atoms with Crippen LogP contribution in [0.2, 0.25) is 10.0 Å². The van der Waals surface area contributed by atoms with Gasteiger partial charge in [0.05, 0.1) is 34.9 Å². The fraction of sp³-hybridized carbons (Fsp3) is 0.190. The molecule has 0 bridgehead atoms. The molecule has 16 heteroatoms. The number of hydrogen-bond acceptors (Lipinski definition) is 12. The summed E-state index contributed by atoms with van der Waals surface area (Å²) >= 11 is 15.3. The first-order chi connectivity index (χ1) is 17.7. The third-order valence-corrected chi connectivity index (χ3v) is 11.5. The highest BCUT2D eigenvalue weighted by Crippen LogP contribution is 2.55. The van der Waals surface area contributed by atoms with Crippen molar-refractivity contribution >= 4 is 114 Å². The number of nitrogens with zero attached hydrogens (tertiary/aromatic N) is 2. The summed E-state index contributed by atoms with van der Waals surface area (Å²) in [5.74, 6) is -1.42. The Bertz CT molecular complexity index is 1430. The van der Waals surface area contributed by atoms with Crippen LogP contribution in [0.5, 0.6) is 0 Å². The predicted octanol–water partition coefficient (Wildman–Crippen LogP) is 6.25. The van der Waals surface area contributed by atoms with Crippen LogP contribution in [0.15, 0.2) is 51.9 Å². The van der Waals surface area contributed by atoms with E-state index in [1.807, 2.05) is 6.92 Å². The number of rotatable bonds is 4. The van der Waals surface area contributed by atoms with Crippen molar-refractivity contribution in [2.75, 3.05) is 31.0 Å². The van der Waals surface area contributed by atoms with E-state index in [1.165, 1.54) is 30.6 Å². The number of ether oxygens (including phenoxy) is 2. The van der Waals surface area contributed by atoms with E-state index in [2.05, 4.69) is 10.3 Å². The molecule has 0 spiro atoms. The number of carbonyl (C=O) groups is 3. The Labute approximate surface area is 240 Å². The summed E-state index contributed by atoms with van der Waals surface area (Å²) in [4.78, 5) is 56.6. The third kappa shape index (κ3) is 5.75. The minimum absolute atomic E-state index is 0.0425. The van der Waals surface area contributed by atoms with Crippen molar-refractivity contribution in [2.24, 2.45) is 4.99 Å². The number of methoxy groups -OCH3 is 2. The zero-order valence-corrected chi connectivity index (χ0v) is 24.7. The van der Waals surface area contributed by atoms with Crippen LogP contribution < -0.4 is 15.0 Å². The number of nitrogens with one attached hydrogen (secondary N) is 1. The quantitative estimate of drug-likeness (QED) is 0.305. The lowest BCUT2D eigenvalue weighted by Gasteiger charge is -2.31. The van der Waals surface area contributed by atoms with Crippen LogP contribution in [0.4, 0.5) is 16.2 Å². The molecule has 0 fully saturated rings. The molecule has 194 valence electrons. The second-order valence-electron chi connectivity index (χ2n) is 6.89. The Hall–Kier alpha value is -1.94. The summed E-state index contributed by atoms with van der Waals surface area (Å²) in [7, 11) is 4.76. The fourth-order valence-corrected chi connectivity index (χ4v) is 10.00. The van der Waals surface area contributed by atoms with Crippen LogP contribution >= 0.6 is 79.2 Å². The smallest absolute Gasteiger partial charge is 0.346 e. The summed E-state index contributed by atoms with van der Waals surface area (Å²) in [6, 6.07) is 3.90. The summed E-state index contributed by atoms with van der Waals surface area (Å²) < 4.78 is 10.7. The second kappa shape index (κ2) is 11.8. The molecule has 1 N–H and O–H groups in total. The molecule has 0 radical (unpaired) electrons. The number of thioether (sulfide) groups is 3. The van der Waals surface area contributed by atoms with E-state index in [0.717, 1.165) is 45.6 Å². The van der Waals surface area contributed by atoms with Gasteiger partial charge in [-0.3, -0.25) is 4.79 Å². The molecule has 1 aromatic heterocycles. The molecule has 0 atom stereocenters. The second-order valence-corrected chi connectivity index (χ2v) is 13.4. The first-order valence-corrected chi connectivity index (χ1v) is 15.5. The molecular formula is C21H15Cl2N3O6S5. The predicted molar refractivity (Wildman–Crippen MR) is 154 cm³/mol. The summed E-state index contributed by atoms with van der Waals surface area (Å²) in [6.07, 6.45) is 0. The summed E-state index contributed by atoms with van der Waals surface area (Å²) in [6.45, 7) is 2.20. The third-order valence-electron chi connectivity index (χ3n) is 4.73. The van der Waals surface area contributed by atoms with E-state index in [0.29, 0.717) is 37.1 Å². The number of aliphatic imine (C=N–C) groups is 1. The lowest BCUT2D eigenvalue weighted by atomic mass is 10.3. The van der Waals surface area contributed by atoms with E-state index in [1.54, 1.807) is 17.0 Å². The average Bonchev–Trinajstić information content (AvgIpc) is 3.48. The number of esters is 2. The van der Waals surface area contributed by atoms with Crippen LogP contribution in [-0.2, 0) is 19.1 Å². The van der Waals surface area contributed by atoms with Gasteiger partial charge < -0.3 is 19.7 Å². The van der Waals surface area contributed by atoms with Crippen molar-refractivity contribution in [3.63, 3.8) is 0 Å². The molecule has 1 aromatic carbocycles. The number of halogens is 2. The highest BCUT2D eigenvalue weighted by atomic mass is 35.5. The van der Waals surface area contributed by atoms with Gasteiger partial charge in [-0.15, -0.1) is 0 Å². The standard InChI is InChI=1S/C21H15Cl2N3O6S5/c1-4-26-11(19-33-13(16(27)31-2)14(34-19)17(28)32-3)15(35-20-12(26)18(29)36-37-20)25-21(30)24-10-6-5-8(22)7-9(10)23/h5-7H,4H2,1-3H3,(H,24,30)/b25-15+. The first-order valence-electron chi connectivity index (χ1n) is 10.1. The molecule has 2 amide bonds. The van der Waals surface area contributed by atoms with E-state index in [9.17, 15) is 19.2 Å². The van der Waals surface area contributed by atoms with Gasteiger partial charge in [0, 0.05) is 11.6 Å². The molecule has 3 heterocycles. The summed E-state index contributed by atoms with van der Waals surface area (Å²) in [5, 5.41) is 3.55. The molecule has 37 heavy (non-hydrogen) atoms. The fourth-order valence-electron chi connectivity index (χ4n) is 3.15. The van der Waals surface area contributed by atoms with E-state index in [-0.39, 0.29) is 24.6 Å². The van der Waals surface area contributed by atoms with Crippen LogP contribution in [0, 0.1) is 0 Å². The normalized spacial score (nSPS) is 16.2. The van der Waals surface area contributed by atoms with Gasteiger partial charge in [-0.1, -0.05) is 68.8 Å². The van der Waals surface area contributed by atoms with Crippen LogP contribution in [0.1, 0.15) is 6.92 Å². The molecule has 2 aliphatic rings. The van der Waals surface area contributed by atoms with Gasteiger partial charge in [-0.25, -0.2) is 14.4 Å². The minimum atomic E-state index is -0.714. The van der Waals surface area contributed by atoms with E-state index in [4.69, 9.17) is 32.7 Å². The van der Waals surface area contributed by atoms with Gasteiger partial charge in [-0.05, 0) is 35.5 Å². The van der Waals surface area contributed by atoms with Gasteiger partial charge in [0.25, 0.3) is 4.74 Å². The largest absolute Gasteiger partial charge is 0.465 e. The van der Waals surface area contributed by atoms with Crippen molar-refractivity contribution in [1.82, 2.24) is 0 Å². The lowest BCUT2D eigenvalue weighted by Crippen LogP contribution is -2.33. The average molecular weight is 637 g/mol. The van der Waals surface area contributed by atoms with Crippen LogP contribution in [-0.4, -0.2) is 43.8 Å². The van der Waals surface area contributed by atoms with Crippen molar-refractivity contribution in [1.29, 1.82) is 0 Å². The molecule has 2 aromatic rings. The van der Waals surface area contributed by atoms with Gasteiger partial charge in [0.2, 0.25) is 0 Å². The Morgan fingerprint density at radius 2 is 1.68 bits per heavy atom. The Kier molecular flexibility index (Phi) is 8.99. The lowest BCUT2D eigenvalue weighted by molar-refractivity contribution is -0.138. The minimum Gasteiger partial charge on any atom is -0.465 e. The number of amides is 2. The maximum absolute atomic E-state index is 13.0. The van der Waals surface area contributed by atoms with Crippen molar-refractivity contribution < 1.29 is 23.9 Å². The molecule has 9 nitrogen and oxygen atoms in total. The van der Waals surface area contributed by atoms with Gasteiger partial charge in [0.1, 0.15) is 24.8 Å². The first kappa shape index (κ1) is 28.1. The van der Waals surface area contributed by atoms with Gasteiger partial charge >= 0.3 is 18.0 Å². The molecule has 4 rings (SSSR count). The number of fused-ring (bicyclic) bond motifs is 1. The Morgan fingerprint density at radius 3 is 2.24 bits per heavy atom. The number of benzene rings is 1. The molecule has 2 aliphatic heterocycles. The van der Waals surface area contributed by atoms with Crippen molar-refractivity contribution in [3.8, 4) is 0 Å². The highest BCUT2D eigenvalue weighted by Gasteiger charge is 2.39. The number of anilines is 2. The molecule has 0 saturated heterocycles. The molecule has 0 saturated carbocycles. The van der Waals surface area contributed by atoms with E-state index >= 15 is 0 Å². The SMILES string of the molecule is CCN1C(=C2SC(C(=O)OC)=C(C(=O)OC)S2)/C(=N\C(=O)Nc2ccc(Cl)cc2Cl)Sc2ssc(=O)c21. The Balaban J connectivity index is 1.81.